The zero-order chi connectivity index (χ0) is 24.1. The predicted octanol–water partition coefficient (Wildman–Crippen LogP) is 3.70. The molecule has 0 radical (unpaired) electrons. The molecule has 3 heterocycles. The van der Waals surface area contributed by atoms with Gasteiger partial charge in [-0.3, -0.25) is 0 Å². The molecule has 0 bridgehead atoms. The van der Waals surface area contributed by atoms with Gasteiger partial charge in [0.1, 0.15) is 40.8 Å². The Bertz CT molecular complexity index is 1310. The molecule has 1 aliphatic rings. The summed E-state index contributed by atoms with van der Waals surface area (Å²) >= 11 is 0. The van der Waals surface area contributed by atoms with Crippen LogP contribution in [0.2, 0.25) is 0 Å². The molecule has 1 aromatic carbocycles. The normalized spacial score (nSPS) is 13.9. The minimum Gasteiger partial charge on any atom is -0.424 e. The molecule has 172 valence electrons. The number of nitrogens with two attached hydrogens (primary N) is 1. The van der Waals surface area contributed by atoms with E-state index in [0.717, 1.165) is 25.9 Å². The Hall–Kier alpha value is -4.44. The average Bonchev–Trinajstić information content (AvgIpc) is 3.18. The molecule has 1 saturated heterocycles. The van der Waals surface area contributed by atoms with Crippen LogP contribution in [-0.2, 0) is 6.54 Å². The molecular weight excluding hydrogens is 430 g/mol. The maximum atomic E-state index is 9.74. The molecule has 2 N–H and O–H groups in total. The SMILES string of the molecule is CCn1nc(/C(C#N)=C/c2cccc(Oc3nc(C)nc(N4CCCCC4)n3)c2)c(C#N)c1N. The van der Waals surface area contributed by atoms with Crippen molar-refractivity contribution in [3.8, 4) is 23.9 Å². The summed E-state index contributed by atoms with van der Waals surface area (Å²) in [6, 6.07) is 11.6. The fraction of sp³-hybridized carbons (Fsp3) is 0.333. The highest BCUT2D eigenvalue weighted by Crippen LogP contribution is 2.27. The van der Waals surface area contributed by atoms with E-state index in [-0.39, 0.29) is 28.7 Å². The number of aryl methyl sites for hydroxylation is 2. The molecule has 2 aromatic heterocycles. The van der Waals surface area contributed by atoms with E-state index >= 15 is 0 Å². The van der Waals surface area contributed by atoms with E-state index in [1.54, 1.807) is 24.3 Å². The van der Waals surface area contributed by atoms with E-state index in [1.165, 1.54) is 11.1 Å². The van der Waals surface area contributed by atoms with Crippen LogP contribution in [0.4, 0.5) is 11.8 Å². The molecular formula is C24H25N9O. The molecule has 1 fully saturated rings. The van der Waals surface area contributed by atoms with Gasteiger partial charge in [-0.05, 0) is 56.9 Å². The van der Waals surface area contributed by atoms with E-state index in [2.05, 4.69) is 31.0 Å². The van der Waals surface area contributed by atoms with Crippen LogP contribution in [-0.4, -0.2) is 37.8 Å². The van der Waals surface area contributed by atoms with E-state index in [1.807, 2.05) is 26.0 Å². The standard InChI is InChI=1S/C24H25N9O/c1-3-33-22(27)20(15-26)21(31-33)18(14-25)12-17-8-7-9-19(13-17)34-24-29-16(2)28-23(30-24)32-10-5-4-6-11-32/h7-9,12-13H,3-6,10-11,27H2,1-2H3/b18-12+. The number of benzene rings is 1. The van der Waals surface area contributed by atoms with Crippen LogP contribution in [0.15, 0.2) is 24.3 Å². The van der Waals surface area contributed by atoms with Crippen LogP contribution in [0.25, 0.3) is 11.6 Å². The molecule has 10 heteroatoms. The molecule has 0 saturated carbocycles. The number of anilines is 2. The largest absolute Gasteiger partial charge is 0.424 e. The minimum atomic E-state index is 0.188. The first-order valence-corrected chi connectivity index (χ1v) is 11.2. The lowest BCUT2D eigenvalue weighted by Crippen LogP contribution is -2.31. The van der Waals surface area contributed by atoms with E-state index in [0.29, 0.717) is 29.6 Å². The van der Waals surface area contributed by atoms with Crippen molar-refractivity contribution in [2.24, 2.45) is 0 Å². The fourth-order valence-electron chi connectivity index (χ4n) is 3.83. The zero-order valence-corrected chi connectivity index (χ0v) is 19.2. The number of piperidine rings is 1. The number of hydrogen-bond donors (Lipinski definition) is 1. The number of ether oxygens (including phenoxy) is 1. The van der Waals surface area contributed by atoms with Crippen LogP contribution < -0.4 is 15.4 Å². The van der Waals surface area contributed by atoms with Crippen molar-refractivity contribution >= 4 is 23.4 Å². The Balaban J connectivity index is 1.62. The first kappa shape index (κ1) is 22.7. The summed E-state index contributed by atoms with van der Waals surface area (Å²) < 4.78 is 7.45. The van der Waals surface area contributed by atoms with Gasteiger partial charge in [0.05, 0.1) is 5.57 Å². The Labute approximate surface area is 197 Å². The molecule has 0 amide bonds. The highest BCUT2D eigenvalue weighted by atomic mass is 16.5. The zero-order valence-electron chi connectivity index (χ0n) is 19.2. The summed E-state index contributed by atoms with van der Waals surface area (Å²) in [6.45, 7) is 6.01. The Morgan fingerprint density at radius 2 is 1.97 bits per heavy atom. The summed E-state index contributed by atoms with van der Waals surface area (Å²) in [5, 5.41) is 23.6. The van der Waals surface area contributed by atoms with Crippen molar-refractivity contribution in [3.63, 3.8) is 0 Å². The quantitative estimate of drug-likeness (QED) is 0.550. The van der Waals surface area contributed by atoms with Gasteiger partial charge in [0, 0.05) is 19.6 Å². The summed E-state index contributed by atoms with van der Waals surface area (Å²) in [7, 11) is 0. The molecule has 0 spiro atoms. The van der Waals surface area contributed by atoms with Crippen LogP contribution >= 0.6 is 0 Å². The highest BCUT2D eigenvalue weighted by Gasteiger charge is 2.19. The topological polar surface area (TPSA) is 143 Å². The molecule has 34 heavy (non-hydrogen) atoms. The lowest BCUT2D eigenvalue weighted by Gasteiger charge is -2.26. The van der Waals surface area contributed by atoms with Gasteiger partial charge in [0.15, 0.2) is 0 Å². The second-order valence-corrected chi connectivity index (χ2v) is 7.89. The smallest absolute Gasteiger partial charge is 0.327 e. The van der Waals surface area contributed by atoms with Gasteiger partial charge in [0.2, 0.25) is 5.95 Å². The van der Waals surface area contributed by atoms with Gasteiger partial charge in [-0.15, -0.1) is 0 Å². The van der Waals surface area contributed by atoms with Gasteiger partial charge in [-0.2, -0.15) is 30.6 Å². The molecule has 4 rings (SSSR count). The molecule has 0 aliphatic carbocycles. The predicted molar refractivity (Wildman–Crippen MR) is 128 cm³/mol. The first-order valence-electron chi connectivity index (χ1n) is 11.2. The average molecular weight is 456 g/mol. The number of allylic oxidation sites excluding steroid dienone is 1. The monoisotopic (exact) mass is 455 g/mol. The van der Waals surface area contributed by atoms with Crippen molar-refractivity contribution in [3.05, 3.63) is 46.9 Å². The first-order chi connectivity index (χ1) is 16.5. The number of nitriles is 2. The van der Waals surface area contributed by atoms with Crippen molar-refractivity contribution in [2.45, 2.75) is 39.7 Å². The lowest BCUT2D eigenvalue weighted by molar-refractivity contribution is 0.435. The van der Waals surface area contributed by atoms with Gasteiger partial charge < -0.3 is 15.4 Å². The van der Waals surface area contributed by atoms with Crippen LogP contribution in [0.3, 0.4) is 0 Å². The van der Waals surface area contributed by atoms with Crippen molar-refractivity contribution in [2.75, 3.05) is 23.7 Å². The maximum absolute atomic E-state index is 9.74. The van der Waals surface area contributed by atoms with Crippen LogP contribution in [0.1, 0.15) is 48.8 Å². The van der Waals surface area contributed by atoms with Gasteiger partial charge in [-0.25, -0.2) is 4.68 Å². The number of hydrogen-bond acceptors (Lipinski definition) is 9. The fourth-order valence-corrected chi connectivity index (χ4v) is 3.83. The van der Waals surface area contributed by atoms with Gasteiger partial charge in [-0.1, -0.05) is 12.1 Å². The Morgan fingerprint density at radius 1 is 1.18 bits per heavy atom. The second-order valence-electron chi connectivity index (χ2n) is 7.89. The summed E-state index contributed by atoms with van der Waals surface area (Å²) in [6.07, 6.45) is 5.10. The second kappa shape index (κ2) is 10.0. The number of nitrogens with zero attached hydrogens (tertiary/aromatic N) is 8. The Morgan fingerprint density at radius 3 is 2.68 bits per heavy atom. The van der Waals surface area contributed by atoms with E-state index < -0.39 is 0 Å². The summed E-state index contributed by atoms with van der Waals surface area (Å²) in [4.78, 5) is 15.4. The minimum absolute atomic E-state index is 0.188. The van der Waals surface area contributed by atoms with Gasteiger partial charge >= 0.3 is 6.01 Å². The third-order valence-corrected chi connectivity index (χ3v) is 5.51. The van der Waals surface area contributed by atoms with Crippen LogP contribution in [0.5, 0.6) is 11.8 Å². The molecule has 0 unspecified atom stereocenters. The number of nitrogen functional groups attached to an aromatic ring is 1. The highest BCUT2D eigenvalue weighted by molar-refractivity contribution is 5.91. The number of aromatic nitrogens is 5. The van der Waals surface area contributed by atoms with Crippen molar-refractivity contribution < 1.29 is 4.74 Å². The third-order valence-electron chi connectivity index (χ3n) is 5.51. The van der Waals surface area contributed by atoms with E-state index in [9.17, 15) is 10.5 Å². The molecule has 0 atom stereocenters. The molecule has 10 nitrogen and oxygen atoms in total. The van der Waals surface area contributed by atoms with Crippen molar-refractivity contribution in [1.29, 1.82) is 10.5 Å². The van der Waals surface area contributed by atoms with E-state index in [4.69, 9.17) is 10.5 Å². The van der Waals surface area contributed by atoms with Crippen LogP contribution in [0, 0.1) is 29.6 Å². The number of rotatable bonds is 6. The Kier molecular flexibility index (Phi) is 6.69. The summed E-state index contributed by atoms with van der Waals surface area (Å²) in [5.41, 5.74) is 7.38. The maximum Gasteiger partial charge on any atom is 0.327 e. The van der Waals surface area contributed by atoms with Crippen molar-refractivity contribution in [1.82, 2.24) is 24.7 Å². The van der Waals surface area contributed by atoms with Gasteiger partial charge in [0.25, 0.3) is 0 Å². The molecule has 1 aliphatic heterocycles. The lowest BCUT2D eigenvalue weighted by atomic mass is 10.1. The molecule has 3 aromatic rings. The summed E-state index contributed by atoms with van der Waals surface area (Å²) in [5.74, 6) is 1.97. The third kappa shape index (κ3) is 4.81.